The highest BCUT2D eigenvalue weighted by molar-refractivity contribution is 5.39. The predicted octanol–water partition coefficient (Wildman–Crippen LogP) is 2.24. The molecule has 102 valence electrons. The summed E-state index contributed by atoms with van der Waals surface area (Å²) in [6.45, 7) is 8.58. The molecule has 0 radical (unpaired) electrons. The van der Waals surface area contributed by atoms with Gasteiger partial charge in [-0.1, -0.05) is 19.9 Å². The lowest BCUT2D eigenvalue weighted by Crippen LogP contribution is -2.31. The van der Waals surface area contributed by atoms with Crippen LogP contribution in [0.4, 0.5) is 5.82 Å². The van der Waals surface area contributed by atoms with Crippen LogP contribution in [0.2, 0.25) is 0 Å². The van der Waals surface area contributed by atoms with Crippen LogP contribution < -0.4 is 4.90 Å². The molecule has 0 aliphatic heterocycles. The summed E-state index contributed by atoms with van der Waals surface area (Å²) in [4.78, 5) is 6.62. The Kier molecular flexibility index (Phi) is 6.09. The van der Waals surface area contributed by atoms with Crippen LogP contribution in [0.25, 0.3) is 0 Å². The van der Waals surface area contributed by atoms with Gasteiger partial charge < -0.3 is 14.7 Å². The Bertz CT molecular complexity index is 336. The van der Waals surface area contributed by atoms with E-state index in [1.165, 1.54) is 0 Å². The highest BCUT2D eigenvalue weighted by atomic mass is 16.5. The van der Waals surface area contributed by atoms with Crippen molar-refractivity contribution in [3.05, 3.63) is 23.9 Å². The quantitative estimate of drug-likeness (QED) is 0.808. The summed E-state index contributed by atoms with van der Waals surface area (Å²) in [5, 5.41) is 9.47. The molecule has 1 aromatic heterocycles. The Balaban J connectivity index is 2.77. The van der Waals surface area contributed by atoms with Crippen molar-refractivity contribution in [3.63, 3.8) is 0 Å². The number of rotatable bonds is 7. The van der Waals surface area contributed by atoms with Gasteiger partial charge in [-0.25, -0.2) is 4.98 Å². The first-order valence-corrected chi connectivity index (χ1v) is 6.42. The van der Waals surface area contributed by atoms with E-state index >= 15 is 0 Å². The van der Waals surface area contributed by atoms with Crippen LogP contribution in [0.15, 0.2) is 18.3 Å². The highest BCUT2D eigenvalue weighted by Crippen LogP contribution is 2.16. The summed E-state index contributed by atoms with van der Waals surface area (Å²) in [6, 6.07) is 3.88. The van der Waals surface area contributed by atoms with Gasteiger partial charge >= 0.3 is 0 Å². The smallest absolute Gasteiger partial charge is 0.128 e. The number of aliphatic hydroxyl groups is 1. The largest absolute Gasteiger partial charge is 0.389 e. The number of aliphatic hydroxyl groups excluding tert-OH is 1. The molecule has 1 aromatic rings. The van der Waals surface area contributed by atoms with E-state index in [4.69, 9.17) is 4.74 Å². The molecule has 0 aromatic carbocycles. The number of methoxy groups -OCH3 is 1. The minimum absolute atomic E-state index is 0.468. The summed E-state index contributed by atoms with van der Waals surface area (Å²) in [6.07, 6.45) is 1.27. The second-order valence-corrected chi connectivity index (χ2v) is 4.96. The first kappa shape index (κ1) is 14.9. The van der Waals surface area contributed by atoms with Crippen molar-refractivity contribution in [2.45, 2.75) is 26.9 Å². The third-order valence-corrected chi connectivity index (χ3v) is 2.73. The Morgan fingerprint density at radius 2 is 2.06 bits per heavy atom. The van der Waals surface area contributed by atoms with Crippen LogP contribution in [0.3, 0.4) is 0 Å². The second-order valence-electron chi connectivity index (χ2n) is 4.96. The molecule has 0 amide bonds. The van der Waals surface area contributed by atoms with Crippen molar-refractivity contribution in [1.82, 2.24) is 4.98 Å². The summed E-state index contributed by atoms with van der Waals surface area (Å²) in [5.41, 5.74) is 0.843. The van der Waals surface area contributed by atoms with Crippen molar-refractivity contribution in [3.8, 4) is 0 Å². The van der Waals surface area contributed by atoms with Gasteiger partial charge in [-0.3, -0.25) is 0 Å². The van der Waals surface area contributed by atoms with Crippen molar-refractivity contribution >= 4 is 5.82 Å². The molecule has 1 heterocycles. The van der Waals surface area contributed by atoms with Gasteiger partial charge in [-0.15, -0.1) is 0 Å². The Hall–Kier alpha value is -1.13. The van der Waals surface area contributed by atoms with E-state index in [0.29, 0.717) is 12.5 Å². The van der Waals surface area contributed by atoms with Crippen molar-refractivity contribution in [1.29, 1.82) is 0 Å². The maximum Gasteiger partial charge on any atom is 0.128 e. The molecule has 0 spiro atoms. The minimum Gasteiger partial charge on any atom is -0.389 e. The monoisotopic (exact) mass is 252 g/mol. The van der Waals surface area contributed by atoms with E-state index in [9.17, 15) is 5.11 Å². The van der Waals surface area contributed by atoms with Gasteiger partial charge in [-0.2, -0.15) is 0 Å². The zero-order valence-corrected chi connectivity index (χ0v) is 11.8. The number of hydrogen-bond donors (Lipinski definition) is 1. The van der Waals surface area contributed by atoms with Gasteiger partial charge in [0, 0.05) is 26.4 Å². The highest BCUT2D eigenvalue weighted by Gasteiger charge is 2.10. The van der Waals surface area contributed by atoms with Crippen molar-refractivity contribution < 1.29 is 9.84 Å². The average molecular weight is 252 g/mol. The summed E-state index contributed by atoms with van der Waals surface area (Å²) in [7, 11) is 1.71. The topological polar surface area (TPSA) is 45.6 Å². The Labute approximate surface area is 110 Å². The molecule has 0 aliphatic rings. The van der Waals surface area contributed by atoms with Gasteiger partial charge in [0.2, 0.25) is 0 Å². The first-order chi connectivity index (χ1) is 8.54. The number of pyridine rings is 1. The average Bonchev–Trinajstić information content (AvgIpc) is 2.34. The zero-order chi connectivity index (χ0) is 13.5. The number of ether oxygens (including phenoxy) is 1. The molecule has 0 bridgehead atoms. The standard InChI is InChI=1S/C14H24N2O2/c1-11(2)10-16(7-8-18-4)14-6-5-13(9-15-14)12(3)17/h5-6,9,11-12,17H,7-8,10H2,1-4H3. The zero-order valence-electron chi connectivity index (χ0n) is 11.8. The lowest BCUT2D eigenvalue weighted by molar-refractivity contribution is 0.198. The number of nitrogens with zero attached hydrogens (tertiary/aromatic N) is 2. The molecule has 0 saturated carbocycles. The molecular formula is C14H24N2O2. The lowest BCUT2D eigenvalue weighted by Gasteiger charge is -2.25. The number of hydrogen-bond acceptors (Lipinski definition) is 4. The summed E-state index contributed by atoms with van der Waals surface area (Å²) >= 11 is 0. The van der Waals surface area contributed by atoms with Crippen LogP contribution in [0, 0.1) is 5.92 Å². The molecule has 0 fully saturated rings. The van der Waals surface area contributed by atoms with Crippen LogP contribution >= 0.6 is 0 Å². The van der Waals surface area contributed by atoms with E-state index in [1.807, 2.05) is 12.1 Å². The lowest BCUT2D eigenvalue weighted by atomic mass is 10.2. The van der Waals surface area contributed by atoms with E-state index in [2.05, 4.69) is 23.7 Å². The molecule has 4 heteroatoms. The van der Waals surface area contributed by atoms with E-state index in [1.54, 1.807) is 20.2 Å². The van der Waals surface area contributed by atoms with E-state index < -0.39 is 6.10 Å². The van der Waals surface area contributed by atoms with Crippen LogP contribution in [0.1, 0.15) is 32.4 Å². The van der Waals surface area contributed by atoms with Gasteiger partial charge in [-0.05, 0) is 24.5 Å². The molecule has 1 atom stereocenters. The van der Waals surface area contributed by atoms with Gasteiger partial charge in [0.25, 0.3) is 0 Å². The molecular weight excluding hydrogens is 228 g/mol. The molecule has 4 nitrogen and oxygen atoms in total. The fourth-order valence-corrected chi connectivity index (χ4v) is 1.77. The third kappa shape index (κ3) is 4.63. The fourth-order valence-electron chi connectivity index (χ4n) is 1.77. The van der Waals surface area contributed by atoms with Crippen molar-refractivity contribution in [2.24, 2.45) is 5.92 Å². The fraction of sp³-hybridized carbons (Fsp3) is 0.643. The number of aromatic nitrogens is 1. The van der Waals surface area contributed by atoms with E-state index in [-0.39, 0.29) is 0 Å². The second kappa shape index (κ2) is 7.34. The van der Waals surface area contributed by atoms with Crippen LogP contribution in [-0.2, 0) is 4.74 Å². The Morgan fingerprint density at radius 1 is 1.33 bits per heavy atom. The molecule has 1 unspecified atom stereocenters. The van der Waals surface area contributed by atoms with E-state index in [0.717, 1.165) is 24.5 Å². The van der Waals surface area contributed by atoms with Gasteiger partial charge in [0.15, 0.2) is 0 Å². The third-order valence-electron chi connectivity index (χ3n) is 2.73. The van der Waals surface area contributed by atoms with Crippen LogP contribution in [-0.4, -0.2) is 36.9 Å². The molecule has 1 rings (SSSR count). The Morgan fingerprint density at radius 3 is 2.50 bits per heavy atom. The predicted molar refractivity (Wildman–Crippen MR) is 73.8 cm³/mol. The normalized spacial score (nSPS) is 12.8. The summed E-state index contributed by atoms with van der Waals surface area (Å²) in [5.74, 6) is 1.50. The molecule has 18 heavy (non-hydrogen) atoms. The van der Waals surface area contributed by atoms with Crippen LogP contribution in [0.5, 0.6) is 0 Å². The molecule has 0 aliphatic carbocycles. The summed E-state index contributed by atoms with van der Waals surface area (Å²) < 4.78 is 5.13. The molecule has 1 N–H and O–H groups in total. The van der Waals surface area contributed by atoms with Crippen molar-refractivity contribution in [2.75, 3.05) is 31.7 Å². The van der Waals surface area contributed by atoms with Gasteiger partial charge in [0.05, 0.1) is 12.7 Å². The number of anilines is 1. The maximum absolute atomic E-state index is 9.47. The minimum atomic E-state index is -0.468. The van der Waals surface area contributed by atoms with Gasteiger partial charge in [0.1, 0.15) is 5.82 Å². The first-order valence-electron chi connectivity index (χ1n) is 6.42. The maximum atomic E-state index is 9.47. The molecule has 0 saturated heterocycles. The SMILES string of the molecule is COCCN(CC(C)C)c1ccc(C(C)O)cn1.